The molecule has 0 aliphatic heterocycles. The van der Waals surface area contributed by atoms with E-state index in [0.29, 0.717) is 23.8 Å². The first-order valence-electron chi connectivity index (χ1n) is 8.61. The van der Waals surface area contributed by atoms with Gasteiger partial charge in [0.1, 0.15) is 0 Å². The molecule has 2 rings (SSSR count). The van der Waals surface area contributed by atoms with Gasteiger partial charge in [-0.15, -0.1) is 24.0 Å². The number of nitro groups is 1. The van der Waals surface area contributed by atoms with Gasteiger partial charge in [-0.25, -0.2) is 0 Å². The summed E-state index contributed by atoms with van der Waals surface area (Å²) in [6.07, 6.45) is 3.95. The van der Waals surface area contributed by atoms with Crippen LogP contribution in [0.4, 0.5) is 5.69 Å². The highest BCUT2D eigenvalue weighted by Gasteiger charge is 2.26. The summed E-state index contributed by atoms with van der Waals surface area (Å²) in [6.45, 7) is 2.29. The summed E-state index contributed by atoms with van der Waals surface area (Å²) >= 11 is 0. The number of benzene rings is 1. The van der Waals surface area contributed by atoms with Crippen LogP contribution in [0.25, 0.3) is 0 Å². The molecule has 2 N–H and O–H groups in total. The number of rotatable bonds is 6. The molecule has 3 unspecified atom stereocenters. The van der Waals surface area contributed by atoms with Crippen molar-refractivity contribution in [2.24, 2.45) is 4.99 Å². The molecule has 26 heavy (non-hydrogen) atoms. The molecule has 0 heterocycles. The van der Waals surface area contributed by atoms with Crippen LogP contribution in [0.3, 0.4) is 0 Å². The Morgan fingerprint density at radius 1 is 1.38 bits per heavy atom. The van der Waals surface area contributed by atoms with E-state index in [0.717, 1.165) is 25.7 Å². The van der Waals surface area contributed by atoms with E-state index in [9.17, 15) is 14.3 Å². The average molecular weight is 494 g/mol. The second-order valence-corrected chi connectivity index (χ2v) is 8.12. The van der Waals surface area contributed by atoms with Crippen LogP contribution in [0.5, 0.6) is 0 Å². The first-order chi connectivity index (χ1) is 12.0. The summed E-state index contributed by atoms with van der Waals surface area (Å²) in [5.74, 6) is 1.31. The van der Waals surface area contributed by atoms with Crippen molar-refractivity contribution in [3.8, 4) is 0 Å². The third kappa shape index (κ3) is 6.49. The Morgan fingerprint density at radius 2 is 2.12 bits per heavy atom. The van der Waals surface area contributed by atoms with E-state index in [1.54, 1.807) is 25.2 Å². The fourth-order valence-corrected chi connectivity index (χ4v) is 4.50. The molecule has 1 saturated carbocycles. The van der Waals surface area contributed by atoms with Crippen LogP contribution in [-0.4, -0.2) is 39.2 Å². The molecule has 1 aliphatic carbocycles. The third-order valence-electron chi connectivity index (χ3n) is 4.48. The van der Waals surface area contributed by atoms with Gasteiger partial charge in [0.2, 0.25) is 0 Å². The van der Waals surface area contributed by atoms with Crippen LogP contribution in [0, 0.1) is 10.1 Å². The van der Waals surface area contributed by atoms with Crippen LogP contribution in [0.2, 0.25) is 0 Å². The van der Waals surface area contributed by atoms with E-state index in [1.807, 2.05) is 6.92 Å². The van der Waals surface area contributed by atoms with E-state index >= 15 is 0 Å². The number of hydrogen-bond acceptors (Lipinski definition) is 4. The number of aliphatic imine (C=N–C) groups is 1. The Balaban J connectivity index is 0.00000338. The van der Waals surface area contributed by atoms with Crippen molar-refractivity contribution < 1.29 is 9.13 Å². The number of hydrogen-bond donors (Lipinski definition) is 2. The van der Waals surface area contributed by atoms with Gasteiger partial charge in [0, 0.05) is 53.1 Å². The average Bonchev–Trinajstić information content (AvgIpc) is 2.64. The minimum absolute atomic E-state index is 0. The number of guanidine groups is 1. The maximum Gasteiger partial charge on any atom is 0.274 e. The zero-order chi connectivity index (χ0) is 18.2. The normalized spacial score (nSPS) is 21.4. The van der Waals surface area contributed by atoms with Crippen LogP contribution >= 0.6 is 24.0 Å². The van der Waals surface area contributed by atoms with Gasteiger partial charge in [0.05, 0.1) is 4.92 Å². The summed E-state index contributed by atoms with van der Waals surface area (Å²) in [7, 11) is 0.912. The molecule has 1 aromatic rings. The molecular weight excluding hydrogens is 467 g/mol. The van der Waals surface area contributed by atoms with Crippen molar-refractivity contribution in [2.75, 3.05) is 12.8 Å². The summed E-state index contributed by atoms with van der Waals surface area (Å²) in [4.78, 5) is 14.9. The molecule has 1 fully saturated rings. The molecule has 0 aromatic heterocycles. The summed E-state index contributed by atoms with van der Waals surface area (Å²) in [5.41, 5.74) is 0.714. The second-order valence-electron chi connectivity index (χ2n) is 6.11. The Labute approximate surface area is 174 Å². The first kappa shape index (κ1) is 22.8. The van der Waals surface area contributed by atoms with Crippen LogP contribution in [0.15, 0.2) is 29.3 Å². The number of nitro benzene ring substituents is 1. The molecule has 0 amide bonds. The molecule has 7 nitrogen and oxygen atoms in total. The van der Waals surface area contributed by atoms with Gasteiger partial charge in [0.25, 0.3) is 5.69 Å². The summed E-state index contributed by atoms with van der Waals surface area (Å²) in [6, 6.07) is 6.90. The fraction of sp³-hybridized carbons (Fsp3) is 0.588. The molecular formula is C17H27IN4O3S. The minimum Gasteiger partial charge on any atom is -0.354 e. The lowest BCUT2D eigenvalue weighted by Crippen LogP contribution is -2.46. The van der Waals surface area contributed by atoms with Gasteiger partial charge in [0.15, 0.2) is 5.96 Å². The number of para-hydroxylation sites is 1. The van der Waals surface area contributed by atoms with Crippen molar-refractivity contribution in [1.82, 2.24) is 10.6 Å². The standard InChI is InChI=1S/C17H26N4O3S.HI/c1-3-25(24)15-9-6-8-14(11-15)20-17(18-2)19-12-13-7-4-5-10-16(13)21(22)23;/h4-5,7,10,14-15H,3,6,8-9,11-12H2,1-2H3,(H2,18,19,20);1H. The smallest absolute Gasteiger partial charge is 0.274 e. The van der Waals surface area contributed by atoms with E-state index in [-0.39, 0.29) is 45.9 Å². The van der Waals surface area contributed by atoms with Crippen molar-refractivity contribution in [3.63, 3.8) is 0 Å². The molecule has 0 saturated heterocycles. The monoisotopic (exact) mass is 494 g/mol. The van der Waals surface area contributed by atoms with Crippen molar-refractivity contribution >= 4 is 46.4 Å². The number of nitrogens with zero attached hydrogens (tertiary/aromatic N) is 2. The number of nitrogens with one attached hydrogen (secondary N) is 2. The lowest BCUT2D eigenvalue weighted by molar-refractivity contribution is -0.385. The predicted octanol–water partition coefficient (Wildman–Crippen LogP) is 2.96. The highest BCUT2D eigenvalue weighted by Crippen LogP contribution is 2.23. The molecule has 3 atom stereocenters. The SMILES string of the molecule is CCS(=O)C1CCCC(NC(=NC)NCc2ccccc2[N+](=O)[O-])C1.I. The van der Waals surface area contributed by atoms with Gasteiger partial charge in [-0.3, -0.25) is 19.3 Å². The lowest BCUT2D eigenvalue weighted by Gasteiger charge is -2.30. The maximum absolute atomic E-state index is 12.1. The molecule has 0 spiro atoms. The molecule has 146 valence electrons. The van der Waals surface area contributed by atoms with E-state index < -0.39 is 10.8 Å². The summed E-state index contributed by atoms with van der Waals surface area (Å²) < 4.78 is 12.1. The minimum atomic E-state index is -0.768. The molecule has 1 aliphatic rings. The van der Waals surface area contributed by atoms with Crippen molar-refractivity contribution in [3.05, 3.63) is 39.9 Å². The van der Waals surface area contributed by atoms with Crippen LogP contribution in [-0.2, 0) is 17.3 Å². The topological polar surface area (TPSA) is 96.6 Å². The molecule has 0 bridgehead atoms. The molecule has 9 heteroatoms. The summed E-state index contributed by atoms with van der Waals surface area (Å²) in [5, 5.41) is 17.8. The first-order valence-corrected chi connectivity index (χ1v) is 10.00. The Hall–Kier alpha value is -1.23. The Bertz CT molecular complexity index is 657. The second kappa shape index (κ2) is 11.5. The molecule has 0 radical (unpaired) electrons. The molecule has 1 aromatic carbocycles. The van der Waals surface area contributed by atoms with Crippen molar-refractivity contribution in [2.45, 2.75) is 50.4 Å². The van der Waals surface area contributed by atoms with Gasteiger partial charge in [-0.1, -0.05) is 31.5 Å². The fourth-order valence-electron chi connectivity index (χ4n) is 3.16. The third-order valence-corrected chi connectivity index (χ3v) is 6.22. The highest BCUT2D eigenvalue weighted by atomic mass is 127. The zero-order valence-electron chi connectivity index (χ0n) is 15.1. The van der Waals surface area contributed by atoms with Crippen LogP contribution in [0.1, 0.15) is 38.2 Å². The number of halogens is 1. The van der Waals surface area contributed by atoms with Crippen molar-refractivity contribution in [1.29, 1.82) is 0 Å². The van der Waals surface area contributed by atoms with Gasteiger partial charge in [-0.2, -0.15) is 0 Å². The Morgan fingerprint density at radius 3 is 2.77 bits per heavy atom. The Kier molecular flexibility index (Phi) is 10.1. The largest absolute Gasteiger partial charge is 0.354 e. The van der Waals surface area contributed by atoms with E-state index in [1.165, 1.54) is 6.07 Å². The van der Waals surface area contributed by atoms with Gasteiger partial charge < -0.3 is 10.6 Å². The zero-order valence-corrected chi connectivity index (χ0v) is 18.3. The maximum atomic E-state index is 12.1. The highest BCUT2D eigenvalue weighted by molar-refractivity contribution is 14.0. The lowest BCUT2D eigenvalue weighted by atomic mass is 9.95. The van der Waals surface area contributed by atoms with Gasteiger partial charge >= 0.3 is 0 Å². The van der Waals surface area contributed by atoms with Gasteiger partial charge in [-0.05, 0) is 19.3 Å². The quantitative estimate of drug-likeness (QED) is 0.209. The van der Waals surface area contributed by atoms with E-state index in [2.05, 4.69) is 15.6 Å². The predicted molar refractivity (Wildman–Crippen MR) is 117 cm³/mol. The van der Waals surface area contributed by atoms with Crippen LogP contribution < -0.4 is 10.6 Å². The van der Waals surface area contributed by atoms with E-state index in [4.69, 9.17) is 0 Å².